The summed E-state index contributed by atoms with van der Waals surface area (Å²) in [5.41, 5.74) is 2.36. The molecule has 1 aliphatic rings. The molecule has 3 aromatic rings. The molecule has 0 saturated carbocycles. The van der Waals surface area contributed by atoms with Crippen LogP contribution in [0.1, 0.15) is 10.6 Å². The molecule has 1 aliphatic heterocycles. The van der Waals surface area contributed by atoms with Crippen LogP contribution in [0.5, 0.6) is 0 Å². The molecular formula is C17H19N5S. The van der Waals surface area contributed by atoms with Gasteiger partial charge in [-0.2, -0.15) is 0 Å². The summed E-state index contributed by atoms with van der Waals surface area (Å²) in [6.07, 6.45) is 0. The standard InChI is InChI=1S/C17H19N5S/c1-12-11-16(18-15-6-4-3-5-14(12)15)21-7-9-22(10-8-21)17-20-19-13(2)23-17/h3-6,11H,7-10H2,1-2H3. The van der Waals surface area contributed by atoms with Gasteiger partial charge in [-0.3, -0.25) is 0 Å². The molecule has 0 unspecified atom stereocenters. The van der Waals surface area contributed by atoms with Gasteiger partial charge in [0.2, 0.25) is 5.13 Å². The molecule has 0 spiro atoms. The fraction of sp³-hybridized carbons (Fsp3) is 0.353. The van der Waals surface area contributed by atoms with Crippen LogP contribution in [-0.4, -0.2) is 41.4 Å². The van der Waals surface area contributed by atoms with Gasteiger partial charge in [0, 0.05) is 31.6 Å². The van der Waals surface area contributed by atoms with E-state index in [1.165, 1.54) is 10.9 Å². The summed E-state index contributed by atoms with van der Waals surface area (Å²) in [7, 11) is 0. The highest BCUT2D eigenvalue weighted by Crippen LogP contribution is 2.25. The first-order valence-corrected chi connectivity index (χ1v) is 8.69. The highest BCUT2D eigenvalue weighted by molar-refractivity contribution is 7.15. The third-order valence-corrected chi connectivity index (χ3v) is 5.20. The van der Waals surface area contributed by atoms with E-state index in [-0.39, 0.29) is 0 Å². The molecule has 3 heterocycles. The lowest BCUT2D eigenvalue weighted by Crippen LogP contribution is -2.46. The van der Waals surface area contributed by atoms with E-state index in [1.807, 2.05) is 13.0 Å². The fourth-order valence-electron chi connectivity index (χ4n) is 3.03. The van der Waals surface area contributed by atoms with Gasteiger partial charge in [-0.1, -0.05) is 29.5 Å². The molecule has 118 valence electrons. The number of piperazine rings is 1. The normalized spacial score (nSPS) is 15.4. The first-order valence-electron chi connectivity index (χ1n) is 7.87. The first kappa shape index (κ1) is 14.4. The lowest BCUT2D eigenvalue weighted by molar-refractivity contribution is 0.644. The minimum Gasteiger partial charge on any atom is -0.353 e. The molecule has 0 aliphatic carbocycles. The zero-order chi connectivity index (χ0) is 15.8. The predicted molar refractivity (Wildman–Crippen MR) is 95.6 cm³/mol. The maximum atomic E-state index is 4.84. The molecule has 0 bridgehead atoms. The average Bonchev–Trinajstić information content (AvgIpc) is 3.01. The van der Waals surface area contributed by atoms with Gasteiger partial charge in [0.1, 0.15) is 10.8 Å². The molecule has 4 rings (SSSR count). The van der Waals surface area contributed by atoms with Crippen LogP contribution in [0.3, 0.4) is 0 Å². The Morgan fingerprint density at radius 2 is 1.70 bits per heavy atom. The molecule has 1 aromatic carbocycles. The molecule has 2 aromatic heterocycles. The van der Waals surface area contributed by atoms with Crippen molar-refractivity contribution in [2.45, 2.75) is 13.8 Å². The van der Waals surface area contributed by atoms with Crippen LogP contribution in [0.15, 0.2) is 30.3 Å². The van der Waals surface area contributed by atoms with Gasteiger partial charge < -0.3 is 9.80 Å². The van der Waals surface area contributed by atoms with E-state index in [1.54, 1.807) is 11.3 Å². The predicted octanol–water partition coefficient (Wildman–Crippen LogP) is 3.03. The maximum absolute atomic E-state index is 4.84. The molecule has 23 heavy (non-hydrogen) atoms. The summed E-state index contributed by atoms with van der Waals surface area (Å²) in [6.45, 7) is 8.00. The van der Waals surface area contributed by atoms with E-state index >= 15 is 0 Å². The largest absolute Gasteiger partial charge is 0.353 e. The van der Waals surface area contributed by atoms with E-state index in [0.29, 0.717) is 0 Å². The first-order chi connectivity index (χ1) is 11.2. The molecular weight excluding hydrogens is 306 g/mol. The van der Waals surface area contributed by atoms with Crippen LogP contribution < -0.4 is 9.80 Å². The fourth-order valence-corrected chi connectivity index (χ4v) is 3.77. The second-order valence-electron chi connectivity index (χ2n) is 5.89. The van der Waals surface area contributed by atoms with Crippen molar-refractivity contribution in [3.05, 3.63) is 40.9 Å². The summed E-state index contributed by atoms with van der Waals surface area (Å²) < 4.78 is 0. The molecule has 6 heteroatoms. The molecule has 0 atom stereocenters. The number of hydrogen-bond acceptors (Lipinski definition) is 6. The molecule has 0 radical (unpaired) electrons. The minimum absolute atomic E-state index is 0.961. The van der Waals surface area contributed by atoms with Crippen molar-refractivity contribution in [3.8, 4) is 0 Å². The average molecular weight is 325 g/mol. The van der Waals surface area contributed by atoms with Crippen LogP contribution in [0.25, 0.3) is 10.9 Å². The van der Waals surface area contributed by atoms with Crippen molar-refractivity contribution in [1.82, 2.24) is 15.2 Å². The quantitative estimate of drug-likeness (QED) is 0.725. The summed E-state index contributed by atoms with van der Waals surface area (Å²) >= 11 is 1.67. The number of para-hydroxylation sites is 1. The minimum atomic E-state index is 0.961. The number of aromatic nitrogens is 3. The Balaban J connectivity index is 1.54. The Bertz CT molecular complexity index is 836. The zero-order valence-electron chi connectivity index (χ0n) is 13.4. The van der Waals surface area contributed by atoms with Crippen molar-refractivity contribution in [3.63, 3.8) is 0 Å². The smallest absolute Gasteiger partial charge is 0.208 e. The number of nitrogens with zero attached hydrogens (tertiary/aromatic N) is 5. The van der Waals surface area contributed by atoms with Gasteiger partial charge in [0.25, 0.3) is 0 Å². The van der Waals surface area contributed by atoms with E-state index in [2.05, 4.69) is 51.2 Å². The van der Waals surface area contributed by atoms with Gasteiger partial charge >= 0.3 is 0 Å². The SMILES string of the molecule is Cc1nnc(N2CCN(c3cc(C)c4ccccc4n3)CC2)s1. The van der Waals surface area contributed by atoms with Crippen LogP contribution >= 0.6 is 11.3 Å². The van der Waals surface area contributed by atoms with E-state index < -0.39 is 0 Å². The number of anilines is 2. The van der Waals surface area contributed by atoms with Gasteiger partial charge in [-0.15, -0.1) is 10.2 Å². The van der Waals surface area contributed by atoms with Gasteiger partial charge in [0.05, 0.1) is 5.52 Å². The summed E-state index contributed by atoms with van der Waals surface area (Å²) in [5.74, 6) is 1.08. The summed E-state index contributed by atoms with van der Waals surface area (Å²) in [6, 6.07) is 10.5. The number of pyridine rings is 1. The van der Waals surface area contributed by atoms with Crippen molar-refractivity contribution in [2.24, 2.45) is 0 Å². The topological polar surface area (TPSA) is 45.2 Å². The monoisotopic (exact) mass is 325 g/mol. The molecule has 1 saturated heterocycles. The number of rotatable bonds is 2. The van der Waals surface area contributed by atoms with Crippen molar-refractivity contribution in [1.29, 1.82) is 0 Å². The molecule has 0 N–H and O–H groups in total. The van der Waals surface area contributed by atoms with E-state index in [9.17, 15) is 0 Å². The Morgan fingerprint density at radius 3 is 2.43 bits per heavy atom. The van der Waals surface area contributed by atoms with Gasteiger partial charge in [0.15, 0.2) is 0 Å². The zero-order valence-corrected chi connectivity index (χ0v) is 14.2. The summed E-state index contributed by atoms with van der Waals surface area (Å²) in [5, 5.41) is 11.7. The van der Waals surface area contributed by atoms with Crippen molar-refractivity contribution >= 4 is 33.2 Å². The second-order valence-corrected chi connectivity index (χ2v) is 7.05. The highest BCUT2D eigenvalue weighted by Gasteiger charge is 2.21. The van der Waals surface area contributed by atoms with Crippen LogP contribution in [0, 0.1) is 13.8 Å². The van der Waals surface area contributed by atoms with Gasteiger partial charge in [-0.05, 0) is 31.5 Å². The number of benzene rings is 1. The number of aryl methyl sites for hydroxylation is 2. The van der Waals surface area contributed by atoms with Crippen LogP contribution in [0.2, 0.25) is 0 Å². The van der Waals surface area contributed by atoms with Crippen LogP contribution in [0.4, 0.5) is 10.9 Å². The highest BCUT2D eigenvalue weighted by atomic mass is 32.1. The Labute approximate surface area is 139 Å². The van der Waals surface area contributed by atoms with E-state index in [4.69, 9.17) is 4.98 Å². The van der Waals surface area contributed by atoms with Gasteiger partial charge in [-0.25, -0.2) is 4.98 Å². The van der Waals surface area contributed by atoms with Crippen molar-refractivity contribution in [2.75, 3.05) is 36.0 Å². The Kier molecular flexibility index (Phi) is 3.61. The Hall–Kier alpha value is -2.21. The third-order valence-electron chi connectivity index (χ3n) is 4.30. The molecule has 0 amide bonds. The molecule has 1 fully saturated rings. The van der Waals surface area contributed by atoms with Crippen molar-refractivity contribution < 1.29 is 0 Å². The summed E-state index contributed by atoms with van der Waals surface area (Å²) in [4.78, 5) is 9.52. The van der Waals surface area contributed by atoms with Crippen LogP contribution in [-0.2, 0) is 0 Å². The molecule has 5 nitrogen and oxygen atoms in total. The number of fused-ring (bicyclic) bond motifs is 1. The number of hydrogen-bond donors (Lipinski definition) is 0. The van der Waals surface area contributed by atoms with E-state index in [0.717, 1.165) is 47.7 Å². The third kappa shape index (κ3) is 2.74. The second kappa shape index (κ2) is 5.77. The Morgan fingerprint density at radius 1 is 0.957 bits per heavy atom. The maximum Gasteiger partial charge on any atom is 0.208 e. The lowest BCUT2D eigenvalue weighted by atomic mass is 10.1. The lowest BCUT2D eigenvalue weighted by Gasteiger charge is -2.35.